The van der Waals surface area contributed by atoms with Crippen molar-refractivity contribution < 1.29 is 13.2 Å². The van der Waals surface area contributed by atoms with Crippen LogP contribution in [0.25, 0.3) is 10.4 Å². The Hall–Kier alpha value is -1.33. The summed E-state index contributed by atoms with van der Waals surface area (Å²) in [5.41, 5.74) is 0.0961. The molecule has 0 aliphatic heterocycles. The van der Waals surface area contributed by atoms with E-state index in [0.29, 0.717) is 10.8 Å². The van der Waals surface area contributed by atoms with Crippen LogP contribution < -0.4 is 5.32 Å². The van der Waals surface area contributed by atoms with Crippen LogP contribution in [-0.2, 0) is 0 Å². The van der Waals surface area contributed by atoms with Gasteiger partial charge in [-0.2, -0.15) is 0 Å². The molecular weight excluding hydrogens is 283 g/mol. The van der Waals surface area contributed by atoms with E-state index in [0.717, 1.165) is 10.9 Å². The summed E-state index contributed by atoms with van der Waals surface area (Å²) in [6, 6.07) is 6.00. The Kier molecular flexibility index (Phi) is 4.50. The van der Waals surface area contributed by atoms with Gasteiger partial charge < -0.3 is 5.32 Å². The van der Waals surface area contributed by atoms with Crippen molar-refractivity contribution in [2.75, 3.05) is 7.05 Å². The molecule has 0 aliphatic carbocycles. The molecule has 0 aliphatic rings. The zero-order chi connectivity index (χ0) is 14.9. The van der Waals surface area contributed by atoms with E-state index in [1.165, 1.54) is 17.4 Å². The molecule has 0 saturated carbocycles. The maximum atomic E-state index is 13.8. The average molecular weight is 299 g/mol. The molecule has 108 valence electrons. The molecule has 0 spiro atoms. The molecule has 1 heterocycles. The maximum absolute atomic E-state index is 13.8. The Labute approximate surface area is 120 Å². The molecule has 0 saturated heterocycles. The lowest BCUT2D eigenvalue weighted by Gasteiger charge is -2.18. The van der Waals surface area contributed by atoms with Crippen LogP contribution in [-0.4, -0.2) is 7.05 Å². The van der Waals surface area contributed by atoms with E-state index >= 15 is 0 Å². The minimum Gasteiger partial charge on any atom is -0.312 e. The van der Waals surface area contributed by atoms with Gasteiger partial charge in [0.2, 0.25) is 0 Å². The van der Waals surface area contributed by atoms with Crippen molar-refractivity contribution in [1.82, 2.24) is 5.32 Å². The zero-order valence-corrected chi connectivity index (χ0v) is 12.3. The standard InChI is InChI=1S/C15H16F3NS/c1-8(2)15(19-3)12-7-6-11(20-12)9-4-5-10(16)14(18)13(9)17/h4-8,15,19H,1-3H3. The van der Waals surface area contributed by atoms with Gasteiger partial charge >= 0.3 is 0 Å². The fourth-order valence-corrected chi connectivity index (χ4v) is 3.50. The van der Waals surface area contributed by atoms with E-state index in [2.05, 4.69) is 19.2 Å². The molecule has 1 nitrogen and oxygen atoms in total. The molecule has 0 bridgehead atoms. The van der Waals surface area contributed by atoms with E-state index in [1.807, 2.05) is 13.1 Å². The third kappa shape index (κ3) is 2.74. The monoisotopic (exact) mass is 299 g/mol. The summed E-state index contributed by atoms with van der Waals surface area (Å²) < 4.78 is 40.0. The van der Waals surface area contributed by atoms with Crippen molar-refractivity contribution in [3.05, 3.63) is 46.6 Å². The molecule has 1 atom stereocenters. The predicted octanol–water partition coefficient (Wildman–Crippen LogP) is 4.75. The minimum absolute atomic E-state index is 0.0961. The van der Waals surface area contributed by atoms with Gasteiger partial charge in [0.1, 0.15) is 0 Å². The predicted molar refractivity (Wildman–Crippen MR) is 76.3 cm³/mol. The summed E-state index contributed by atoms with van der Waals surface area (Å²) in [7, 11) is 1.86. The number of rotatable bonds is 4. The zero-order valence-electron chi connectivity index (χ0n) is 11.5. The van der Waals surface area contributed by atoms with Crippen LogP contribution in [0.1, 0.15) is 24.8 Å². The van der Waals surface area contributed by atoms with Gasteiger partial charge in [-0.25, -0.2) is 13.2 Å². The Morgan fingerprint density at radius 3 is 2.30 bits per heavy atom. The fraction of sp³-hybridized carbons (Fsp3) is 0.333. The molecular formula is C15H16F3NS. The summed E-state index contributed by atoms with van der Waals surface area (Å²) in [6.45, 7) is 4.16. The highest BCUT2D eigenvalue weighted by atomic mass is 32.1. The summed E-state index contributed by atoms with van der Waals surface area (Å²) in [4.78, 5) is 1.64. The van der Waals surface area contributed by atoms with Crippen LogP contribution in [0.4, 0.5) is 13.2 Å². The van der Waals surface area contributed by atoms with Crippen LogP contribution in [0, 0.1) is 23.4 Å². The molecule has 1 aromatic carbocycles. The molecule has 1 unspecified atom stereocenters. The first-order valence-corrected chi connectivity index (χ1v) is 7.18. The summed E-state index contributed by atoms with van der Waals surface area (Å²) in [5, 5.41) is 3.20. The number of benzene rings is 1. The van der Waals surface area contributed by atoms with Crippen LogP contribution in [0.5, 0.6) is 0 Å². The molecule has 1 N–H and O–H groups in total. The lowest BCUT2D eigenvalue weighted by Crippen LogP contribution is -2.20. The van der Waals surface area contributed by atoms with Crippen molar-refractivity contribution in [2.45, 2.75) is 19.9 Å². The molecule has 2 rings (SSSR count). The molecule has 1 aromatic heterocycles. The number of nitrogens with one attached hydrogen (secondary N) is 1. The van der Waals surface area contributed by atoms with Gasteiger partial charge in [0, 0.05) is 21.4 Å². The number of halogens is 3. The Morgan fingerprint density at radius 2 is 1.70 bits per heavy atom. The van der Waals surface area contributed by atoms with Crippen molar-refractivity contribution in [1.29, 1.82) is 0 Å². The van der Waals surface area contributed by atoms with Crippen molar-refractivity contribution in [3.8, 4) is 10.4 Å². The summed E-state index contributed by atoms with van der Waals surface area (Å²) in [6.07, 6.45) is 0. The van der Waals surface area contributed by atoms with Crippen molar-refractivity contribution in [3.63, 3.8) is 0 Å². The van der Waals surface area contributed by atoms with Gasteiger partial charge in [-0.05, 0) is 37.2 Å². The SMILES string of the molecule is CNC(c1ccc(-c2ccc(F)c(F)c2F)s1)C(C)C. The highest BCUT2D eigenvalue weighted by molar-refractivity contribution is 7.15. The molecule has 5 heteroatoms. The maximum Gasteiger partial charge on any atom is 0.195 e. The number of thiophene rings is 1. The van der Waals surface area contributed by atoms with Crippen molar-refractivity contribution >= 4 is 11.3 Å². The summed E-state index contributed by atoms with van der Waals surface area (Å²) in [5.74, 6) is -3.35. The summed E-state index contributed by atoms with van der Waals surface area (Å²) >= 11 is 1.38. The molecule has 0 radical (unpaired) electrons. The van der Waals surface area contributed by atoms with Gasteiger partial charge in [-0.15, -0.1) is 11.3 Å². The Morgan fingerprint density at radius 1 is 1.00 bits per heavy atom. The quantitative estimate of drug-likeness (QED) is 0.803. The number of hydrogen-bond donors (Lipinski definition) is 1. The average Bonchev–Trinajstić information content (AvgIpc) is 2.86. The van der Waals surface area contributed by atoms with E-state index in [1.54, 1.807) is 6.07 Å². The largest absolute Gasteiger partial charge is 0.312 e. The van der Waals surface area contributed by atoms with Gasteiger partial charge in [-0.3, -0.25) is 0 Å². The first-order valence-electron chi connectivity index (χ1n) is 6.36. The van der Waals surface area contributed by atoms with Crippen LogP contribution >= 0.6 is 11.3 Å². The molecule has 0 fully saturated rings. The molecule has 20 heavy (non-hydrogen) atoms. The van der Waals surface area contributed by atoms with E-state index in [4.69, 9.17) is 0 Å². The van der Waals surface area contributed by atoms with E-state index < -0.39 is 17.5 Å². The Bertz CT molecular complexity index is 607. The first-order chi connectivity index (χ1) is 9.45. The van der Waals surface area contributed by atoms with Crippen LogP contribution in [0.15, 0.2) is 24.3 Å². The second-order valence-corrected chi connectivity index (χ2v) is 6.05. The van der Waals surface area contributed by atoms with E-state index in [9.17, 15) is 13.2 Å². The minimum atomic E-state index is -1.42. The van der Waals surface area contributed by atoms with Gasteiger partial charge in [0.15, 0.2) is 17.5 Å². The Balaban J connectivity index is 2.41. The third-order valence-electron chi connectivity index (χ3n) is 3.21. The van der Waals surface area contributed by atoms with Gasteiger partial charge in [-0.1, -0.05) is 13.8 Å². The van der Waals surface area contributed by atoms with E-state index in [-0.39, 0.29) is 11.6 Å². The second kappa shape index (κ2) is 5.97. The van der Waals surface area contributed by atoms with Crippen molar-refractivity contribution in [2.24, 2.45) is 5.92 Å². The third-order valence-corrected chi connectivity index (χ3v) is 4.41. The first kappa shape index (κ1) is 15.1. The lowest BCUT2D eigenvalue weighted by molar-refractivity contribution is 0.449. The van der Waals surface area contributed by atoms with Gasteiger partial charge in [0.25, 0.3) is 0 Å². The highest BCUT2D eigenvalue weighted by Crippen LogP contribution is 2.35. The number of hydrogen-bond acceptors (Lipinski definition) is 2. The smallest absolute Gasteiger partial charge is 0.195 e. The highest BCUT2D eigenvalue weighted by Gasteiger charge is 2.19. The molecule has 0 amide bonds. The lowest BCUT2D eigenvalue weighted by atomic mass is 10.0. The second-order valence-electron chi connectivity index (χ2n) is 4.94. The van der Waals surface area contributed by atoms with Crippen LogP contribution in [0.2, 0.25) is 0 Å². The van der Waals surface area contributed by atoms with Gasteiger partial charge in [0.05, 0.1) is 0 Å². The molecule has 2 aromatic rings. The topological polar surface area (TPSA) is 12.0 Å². The normalized spacial score (nSPS) is 12.9. The fourth-order valence-electron chi connectivity index (χ4n) is 2.19. The van der Waals surface area contributed by atoms with Crippen LogP contribution in [0.3, 0.4) is 0 Å².